The number of hydrogen-bond donors (Lipinski definition) is 2. The molecule has 178 valence electrons. The molecule has 6 heteroatoms. The minimum absolute atomic E-state index is 0.100. The molecular formula is C28H34N4O2. The molecular weight excluding hydrogens is 424 g/mol. The van der Waals surface area contributed by atoms with Gasteiger partial charge in [-0.25, -0.2) is 4.52 Å². The number of piperidine rings is 2. The number of likely N-dealkylation sites (tertiary alicyclic amines) is 1. The van der Waals surface area contributed by atoms with Gasteiger partial charge in [0.15, 0.2) is 5.82 Å². The Morgan fingerprint density at radius 2 is 1.50 bits per heavy atom. The Morgan fingerprint density at radius 1 is 0.853 bits per heavy atom. The number of fused-ring (bicyclic) bond motifs is 4. The quantitative estimate of drug-likeness (QED) is 0.444. The third kappa shape index (κ3) is 3.47. The molecule has 0 atom stereocenters. The Balaban J connectivity index is 1.49. The van der Waals surface area contributed by atoms with Gasteiger partial charge in [-0.3, -0.25) is 0 Å². The van der Waals surface area contributed by atoms with Crippen LogP contribution in [-0.4, -0.2) is 56.9 Å². The summed E-state index contributed by atoms with van der Waals surface area (Å²) in [6.07, 6.45) is 6.39. The van der Waals surface area contributed by atoms with Crippen LogP contribution in [0.15, 0.2) is 36.4 Å². The maximum Gasteiger partial charge on any atom is 0.157 e. The van der Waals surface area contributed by atoms with E-state index in [9.17, 15) is 10.2 Å². The molecule has 0 unspecified atom stereocenters. The van der Waals surface area contributed by atoms with E-state index in [1.54, 1.807) is 0 Å². The van der Waals surface area contributed by atoms with Gasteiger partial charge in [-0.15, -0.1) is 5.10 Å². The van der Waals surface area contributed by atoms with Crippen molar-refractivity contribution in [1.29, 1.82) is 0 Å². The van der Waals surface area contributed by atoms with E-state index in [0.29, 0.717) is 6.04 Å². The van der Waals surface area contributed by atoms with Crippen molar-refractivity contribution in [2.24, 2.45) is 0 Å². The number of nitrogens with zero attached hydrogens (tertiary/aromatic N) is 4. The third-order valence-electron chi connectivity index (χ3n) is 8.18. The van der Waals surface area contributed by atoms with E-state index in [0.717, 1.165) is 52.0 Å². The van der Waals surface area contributed by atoms with Crippen molar-refractivity contribution in [2.75, 3.05) is 31.1 Å². The van der Waals surface area contributed by atoms with Crippen LogP contribution in [0.25, 0.3) is 27.1 Å². The summed E-state index contributed by atoms with van der Waals surface area (Å²) < 4.78 is 1.96. The van der Waals surface area contributed by atoms with E-state index < -0.39 is 0 Å². The van der Waals surface area contributed by atoms with Crippen molar-refractivity contribution >= 4 is 32.9 Å². The number of aliphatic hydroxyl groups excluding tert-OH is 2. The van der Waals surface area contributed by atoms with Crippen LogP contribution >= 0.6 is 0 Å². The zero-order chi connectivity index (χ0) is 23.2. The predicted molar refractivity (Wildman–Crippen MR) is 137 cm³/mol. The molecule has 2 aliphatic heterocycles. The fourth-order valence-corrected chi connectivity index (χ4v) is 6.30. The topological polar surface area (TPSA) is 64.2 Å². The first-order valence-electron chi connectivity index (χ1n) is 12.8. The molecule has 0 spiro atoms. The van der Waals surface area contributed by atoms with Gasteiger partial charge in [0.25, 0.3) is 0 Å². The number of anilines is 1. The van der Waals surface area contributed by atoms with Crippen LogP contribution < -0.4 is 4.90 Å². The molecule has 2 fully saturated rings. The molecule has 2 aromatic heterocycles. The van der Waals surface area contributed by atoms with E-state index in [1.807, 2.05) is 11.4 Å². The Labute approximate surface area is 200 Å². The summed E-state index contributed by atoms with van der Waals surface area (Å²) in [7, 11) is 0. The molecule has 4 heterocycles. The summed E-state index contributed by atoms with van der Waals surface area (Å²) in [5, 5.41) is 30.1. The predicted octanol–water partition coefficient (Wildman–Crippen LogP) is 4.39. The smallest absolute Gasteiger partial charge is 0.157 e. The summed E-state index contributed by atoms with van der Waals surface area (Å²) >= 11 is 0. The molecule has 0 saturated carbocycles. The van der Waals surface area contributed by atoms with Crippen LogP contribution in [0.5, 0.6) is 0 Å². The second-order valence-electron chi connectivity index (χ2n) is 10.0. The lowest BCUT2D eigenvalue weighted by atomic mass is 9.98. The second-order valence-corrected chi connectivity index (χ2v) is 10.0. The second kappa shape index (κ2) is 8.84. The average molecular weight is 459 g/mol. The lowest BCUT2D eigenvalue weighted by Crippen LogP contribution is -2.47. The Morgan fingerprint density at radius 3 is 2.15 bits per heavy atom. The Kier molecular flexibility index (Phi) is 5.68. The van der Waals surface area contributed by atoms with Gasteiger partial charge in [-0.1, -0.05) is 30.7 Å². The molecule has 6 rings (SSSR count). The first-order chi connectivity index (χ1) is 16.7. The molecule has 2 N–H and O–H groups in total. The van der Waals surface area contributed by atoms with Crippen molar-refractivity contribution in [1.82, 2.24) is 14.5 Å². The van der Waals surface area contributed by atoms with E-state index in [4.69, 9.17) is 5.10 Å². The highest BCUT2D eigenvalue weighted by Crippen LogP contribution is 2.37. The summed E-state index contributed by atoms with van der Waals surface area (Å²) in [6.45, 7) is 6.28. The normalized spacial score (nSPS) is 18.5. The monoisotopic (exact) mass is 458 g/mol. The van der Waals surface area contributed by atoms with Gasteiger partial charge in [0.05, 0.1) is 18.7 Å². The first kappa shape index (κ1) is 21.8. The number of aromatic nitrogens is 2. The largest absolute Gasteiger partial charge is 0.392 e. The van der Waals surface area contributed by atoms with E-state index in [-0.39, 0.29) is 13.2 Å². The molecule has 6 nitrogen and oxygen atoms in total. The van der Waals surface area contributed by atoms with Gasteiger partial charge in [-0.05, 0) is 68.6 Å². The maximum absolute atomic E-state index is 10.2. The lowest BCUT2D eigenvalue weighted by molar-refractivity contribution is 0.141. The van der Waals surface area contributed by atoms with Crippen LogP contribution in [-0.2, 0) is 13.2 Å². The van der Waals surface area contributed by atoms with Gasteiger partial charge in [0, 0.05) is 46.7 Å². The third-order valence-corrected chi connectivity index (χ3v) is 8.18. The van der Waals surface area contributed by atoms with Crippen molar-refractivity contribution in [3.8, 4) is 0 Å². The van der Waals surface area contributed by atoms with Gasteiger partial charge >= 0.3 is 0 Å². The molecule has 2 saturated heterocycles. The average Bonchev–Trinajstić information content (AvgIpc) is 3.18. The Bertz CT molecular complexity index is 1350. The van der Waals surface area contributed by atoms with Crippen molar-refractivity contribution in [3.05, 3.63) is 53.2 Å². The van der Waals surface area contributed by atoms with Crippen LogP contribution in [0.2, 0.25) is 0 Å². The van der Waals surface area contributed by atoms with Gasteiger partial charge < -0.3 is 20.0 Å². The molecule has 4 aromatic rings. The molecule has 0 radical (unpaired) electrons. The van der Waals surface area contributed by atoms with Crippen LogP contribution in [0.3, 0.4) is 0 Å². The van der Waals surface area contributed by atoms with Crippen LogP contribution in [0.1, 0.15) is 48.9 Å². The van der Waals surface area contributed by atoms with Crippen LogP contribution in [0, 0.1) is 6.92 Å². The highest BCUT2D eigenvalue weighted by molar-refractivity contribution is 6.10. The van der Waals surface area contributed by atoms with Crippen molar-refractivity contribution in [2.45, 2.75) is 58.3 Å². The lowest BCUT2D eigenvalue weighted by Gasteiger charge is -2.40. The number of benzene rings is 2. The summed E-state index contributed by atoms with van der Waals surface area (Å²) in [5.74, 6) is 1.01. The maximum atomic E-state index is 10.2. The zero-order valence-electron chi connectivity index (χ0n) is 20.0. The Hall–Kier alpha value is -2.67. The highest BCUT2D eigenvalue weighted by atomic mass is 16.3. The SMILES string of the molecule is Cc1c(CO)c(CO)c2c3cc4ccccc4cc3c(N3CCC(N4CCCCC4)CC3)nn12. The molecule has 0 amide bonds. The zero-order valence-corrected chi connectivity index (χ0v) is 20.0. The highest BCUT2D eigenvalue weighted by Gasteiger charge is 2.28. The van der Waals surface area contributed by atoms with Gasteiger partial charge in [-0.2, -0.15) is 0 Å². The summed E-state index contributed by atoms with van der Waals surface area (Å²) in [4.78, 5) is 5.16. The van der Waals surface area contributed by atoms with E-state index in [1.165, 1.54) is 56.0 Å². The van der Waals surface area contributed by atoms with E-state index >= 15 is 0 Å². The number of rotatable bonds is 4. The first-order valence-corrected chi connectivity index (χ1v) is 12.8. The molecule has 0 aliphatic carbocycles. The van der Waals surface area contributed by atoms with Gasteiger partial charge in [0.2, 0.25) is 0 Å². The van der Waals surface area contributed by atoms with Crippen LogP contribution in [0.4, 0.5) is 5.82 Å². The number of hydrogen-bond acceptors (Lipinski definition) is 5. The summed E-state index contributed by atoms with van der Waals surface area (Å²) in [5.41, 5.74) is 3.38. The van der Waals surface area contributed by atoms with E-state index in [2.05, 4.69) is 46.2 Å². The fourth-order valence-electron chi connectivity index (χ4n) is 6.30. The molecule has 0 bridgehead atoms. The fraction of sp³-hybridized carbons (Fsp3) is 0.464. The van der Waals surface area contributed by atoms with Gasteiger partial charge in [0.1, 0.15) is 0 Å². The van der Waals surface area contributed by atoms with Crippen molar-refractivity contribution < 1.29 is 10.2 Å². The standard InChI is InChI=1S/C28H34N4O2/c1-19-25(17-33)26(18-34)27-23-15-20-7-3-4-8-21(20)16-24(23)28(29-32(19)27)31-13-9-22(10-14-31)30-11-5-2-6-12-30/h3-4,7-8,15-16,22,33-34H,2,5-6,9-14,17-18H2,1H3. The number of aliphatic hydroxyl groups is 2. The summed E-state index contributed by atoms with van der Waals surface area (Å²) in [6, 6.07) is 13.6. The minimum Gasteiger partial charge on any atom is -0.392 e. The number of aryl methyl sites for hydroxylation is 1. The van der Waals surface area contributed by atoms with Crippen molar-refractivity contribution in [3.63, 3.8) is 0 Å². The molecule has 2 aliphatic rings. The minimum atomic E-state index is -0.114. The molecule has 2 aromatic carbocycles. The molecule has 34 heavy (non-hydrogen) atoms.